The molecule has 2 atom stereocenters. The van der Waals surface area contributed by atoms with Crippen LogP contribution in [0.2, 0.25) is 0 Å². The third-order valence-corrected chi connectivity index (χ3v) is 3.93. The normalized spacial score (nSPS) is 23.1. The highest BCUT2D eigenvalue weighted by atomic mass is 19.1. The van der Waals surface area contributed by atoms with Gasteiger partial charge in [-0.1, -0.05) is 13.3 Å². The number of nitrogen functional groups attached to an aromatic ring is 1. The lowest BCUT2D eigenvalue weighted by molar-refractivity contribution is 0.0861. The Morgan fingerprint density at radius 3 is 2.68 bits per heavy atom. The van der Waals surface area contributed by atoms with Crippen LogP contribution in [0.3, 0.4) is 0 Å². The number of benzene rings is 1. The van der Waals surface area contributed by atoms with Crippen molar-refractivity contribution in [2.75, 3.05) is 12.8 Å². The molecule has 4 heteroatoms. The fourth-order valence-corrected chi connectivity index (χ4v) is 2.78. The van der Waals surface area contributed by atoms with Gasteiger partial charge in [-0.15, -0.1) is 0 Å². The number of halogens is 1. The number of rotatable bonds is 4. The summed E-state index contributed by atoms with van der Waals surface area (Å²) >= 11 is 0. The molecule has 1 aromatic rings. The molecule has 0 spiro atoms. The highest BCUT2D eigenvalue weighted by Gasteiger charge is 2.26. The Kier molecular flexibility index (Phi) is 4.51. The van der Waals surface area contributed by atoms with Crippen LogP contribution in [0.25, 0.3) is 0 Å². The van der Waals surface area contributed by atoms with E-state index in [4.69, 9.17) is 15.2 Å². The zero-order valence-corrected chi connectivity index (χ0v) is 11.6. The van der Waals surface area contributed by atoms with Crippen molar-refractivity contribution in [1.82, 2.24) is 0 Å². The first kappa shape index (κ1) is 14.0. The molecule has 2 N–H and O–H groups in total. The number of hydrogen-bond donors (Lipinski definition) is 1. The molecule has 0 saturated heterocycles. The molecule has 1 saturated carbocycles. The van der Waals surface area contributed by atoms with Crippen LogP contribution in [0.4, 0.5) is 10.1 Å². The standard InChI is InChI=1S/C15H22FNO2/c1-3-10-6-4-5-7-13(10)19-14-9-15(18-2)12(17)8-11(14)16/h8-10,13H,3-7,17H2,1-2H3. The Balaban J connectivity index is 2.17. The van der Waals surface area contributed by atoms with Gasteiger partial charge in [0.1, 0.15) is 11.9 Å². The molecule has 0 aliphatic heterocycles. The van der Waals surface area contributed by atoms with E-state index in [0.717, 1.165) is 25.7 Å². The van der Waals surface area contributed by atoms with E-state index in [2.05, 4.69) is 6.92 Å². The topological polar surface area (TPSA) is 44.5 Å². The molecule has 0 radical (unpaired) electrons. The van der Waals surface area contributed by atoms with Crippen LogP contribution in [0.5, 0.6) is 11.5 Å². The zero-order chi connectivity index (χ0) is 13.8. The van der Waals surface area contributed by atoms with Gasteiger partial charge in [-0.3, -0.25) is 0 Å². The summed E-state index contributed by atoms with van der Waals surface area (Å²) in [7, 11) is 1.52. The van der Waals surface area contributed by atoms with Gasteiger partial charge in [0.25, 0.3) is 0 Å². The maximum atomic E-state index is 13.9. The molecule has 19 heavy (non-hydrogen) atoms. The molecule has 3 nitrogen and oxygen atoms in total. The van der Waals surface area contributed by atoms with Gasteiger partial charge in [0, 0.05) is 12.1 Å². The Hall–Kier alpha value is -1.45. The third-order valence-electron chi connectivity index (χ3n) is 3.93. The van der Waals surface area contributed by atoms with E-state index in [1.54, 1.807) is 6.07 Å². The van der Waals surface area contributed by atoms with Crippen LogP contribution in [0, 0.1) is 11.7 Å². The average molecular weight is 267 g/mol. The van der Waals surface area contributed by atoms with Gasteiger partial charge in [0.2, 0.25) is 0 Å². The van der Waals surface area contributed by atoms with Crippen LogP contribution in [-0.4, -0.2) is 13.2 Å². The van der Waals surface area contributed by atoms with Gasteiger partial charge < -0.3 is 15.2 Å². The van der Waals surface area contributed by atoms with Gasteiger partial charge in [0.15, 0.2) is 11.6 Å². The number of ether oxygens (including phenoxy) is 2. The van der Waals surface area contributed by atoms with E-state index in [-0.39, 0.29) is 11.9 Å². The summed E-state index contributed by atoms with van der Waals surface area (Å²) in [5, 5.41) is 0. The second-order valence-electron chi connectivity index (χ2n) is 5.13. The van der Waals surface area contributed by atoms with Gasteiger partial charge in [-0.2, -0.15) is 0 Å². The van der Waals surface area contributed by atoms with Crippen molar-refractivity contribution >= 4 is 5.69 Å². The summed E-state index contributed by atoms with van der Waals surface area (Å²) in [5.41, 5.74) is 5.96. The Morgan fingerprint density at radius 2 is 2.00 bits per heavy atom. The fraction of sp³-hybridized carbons (Fsp3) is 0.600. The van der Waals surface area contributed by atoms with E-state index in [1.807, 2.05) is 0 Å². The van der Waals surface area contributed by atoms with E-state index in [0.29, 0.717) is 17.4 Å². The van der Waals surface area contributed by atoms with Gasteiger partial charge >= 0.3 is 0 Å². The summed E-state index contributed by atoms with van der Waals surface area (Å²) < 4.78 is 24.9. The van der Waals surface area contributed by atoms with E-state index >= 15 is 0 Å². The minimum absolute atomic E-state index is 0.0987. The molecule has 0 aromatic heterocycles. The fourth-order valence-electron chi connectivity index (χ4n) is 2.78. The monoisotopic (exact) mass is 267 g/mol. The second-order valence-corrected chi connectivity index (χ2v) is 5.13. The second kappa shape index (κ2) is 6.13. The Bertz CT molecular complexity index is 436. The zero-order valence-electron chi connectivity index (χ0n) is 11.6. The lowest BCUT2D eigenvalue weighted by Crippen LogP contribution is -2.30. The SMILES string of the molecule is CCC1CCCCC1Oc1cc(OC)c(N)cc1F. The van der Waals surface area contributed by atoms with Crippen LogP contribution in [0.15, 0.2) is 12.1 Å². The van der Waals surface area contributed by atoms with Crippen LogP contribution in [-0.2, 0) is 0 Å². The van der Waals surface area contributed by atoms with Crippen molar-refractivity contribution < 1.29 is 13.9 Å². The number of methoxy groups -OCH3 is 1. The third kappa shape index (κ3) is 3.11. The molecule has 106 valence electrons. The first-order chi connectivity index (χ1) is 9.15. The maximum absolute atomic E-state index is 13.9. The van der Waals surface area contributed by atoms with Crippen molar-refractivity contribution in [1.29, 1.82) is 0 Å². The molecule has 1 aromatic carbocycles. The lowest BCUT2D eigenvalue weighted by Gasteiger charge is -2.31. The molecular formula is C15H22FNO2. The highest BCUT2D eigenvalue weighted by molar-refractivity contribution is 5.56. The quantitative estimate of drug-likeness (QED) is 0.845. The van der Waals surface area contributed by atoms with Crippen molar-refractivity contribution in [3.8, 4) is 11.5 Å². The van der Waals surface area contributed by atoms with Gasteiger partial charge in [-0.25, -0.2) is 4.39 Å². The van der Waals surface area contributed by atoms with E-state index in [9.17, 15) is 4.39 Å². The van der Waals surface area contributed by atoms with Crippen molar-refractivity contribution in [2.45, 2.75) is 45.1 Å². The number of anilines is 1. The molecule has 1 aliphatic rings. The summed E-state index contributed by atoms with van der Waals surface area (Å²) in [4.78, 5) is 0. The summed E-state index contributed by atoms with van der Waals surface area (Å²) in [6.45, 7) is 2.16. The molecule has 1 aliphatic carbocycles. The minimum atomic E-state index is -0.418. The lowest BCUT2D eigenvalue weighted by atomic mass is 9.85. The van der Waals surface area contributed by atoms with Gasteiger partial charge in [0.05, 0.1) is 12.8 Å². The van der Waals surface area contributed by atoms with Crippen molar-refractivity contribution in [3.63, 3.8) is 0 Å². The predicted octanol–water partition coefficient (Wildman–Crippen LogP) is 3.76. The smallest absolute Gasteiger partial charge is 0.167 e. The maximum Gasteiger partial charge on any atom is 0.167 e. The average Bonchev–Trinajstić information content (AvgIpc) is 2.42. The Labute approximate surface area is 113 Å². The molecule has 0 amide bonds. The predicted molar refractivity (Wildman–Crippen MR) is 74.0 cm³/mol. The minimum Gasteiger partial charge on any atom is -0.494 e. The first-order valence-electron chi connectivity index (χ1n) is 6.95. The number of hydrogen-bond acceptors (Lipinski definition) is 3. The van der Waals surface area contributed by atoms with Gasteiger partial charge in [-0.05, 0) is 31.6 Å². The summed E-state index contributed by atoms with van der Waals surface area (Å²) in [6, 6.07) is 2.81. The highest BCUT2D eigenvalue weighted by Crippen LogP contribution is 2.34. The largest absolute Gasteiger partial charge is 0.494 e. The molecule has 2 rings (SSSR count). The van der Waals surface area contributed by atoms with Crippen molar-refractivity contribution in [3.05, 3.63) is 17.9 Å². The van der Waals surface area contributed by atoms with Crippen LogP contribution in [0.1, 0.15) is 39.0 Å². The Morgan fingerprint density at radius 1 is 1.26 bits per heavy atom. The van der Waals surface area contributed by atoms with Crippen molar-refractivity contribution in [2.24, 2.45) is 5.92 Å². The number of nitrogens with two attached hydrogens (primary N) is 1. The van der Waals surface area contributed by atoms with Crippen LogP contribution < -0.4 is 15.2 Å². The molecular weight excluding hydrogens is 245 g/mol. The van der Waals surface area contributed by atoms with Crippen LogP contribution >= 0.6 is 0 Å². The van der Waals surface area contributed by atoms with E-state index in [1.165, 1.54) is 19.6 Å². The first-order valence-corrected chi connectivity index (χ1v) is 6.95. The molecule has 0 bridgehead atoms. The molecule has 0 heterocycles. The summed E-state index contributed by atoms with van der Waals surface area (Å²) in [5.74, 6) is 0.798. The molecule has 1 fully saturated rings. The molecule has 2 unspecified atom stereocenters. The van der Waals surface area contributed by atoms with E-state index < -0.39 is 5.82 Å². The summed E-state index contributed by atoms with van der Waals surface area (Å²) in [6.07, 6.45) is 5.71.